The number of benzene rings is 2. The van der Waals surface area contributed by atoms with Crippen LogP contribution in [0.25, 0.3) is 0 Å². The molecule has 65 heavy (non-hydrogen) atoms. The molecule has 0 aliphatic heterocycles. The summed E-state index contributed by atoms with van der Waals surface area (Å²) < 4.78 is 5.72. The molecule has 370 valence electrons. The van der Waals surface area contributed by atoms with E-state index in [9.17, 15) is 34.9 Å². The van der Waals surface area contributed by atoms with Gasteiger partial charge in [-0.2, -0.15) is 0 Å². The lowest BCUT2D eigenvalue weighted by molar-refractivity contribution is -0.530. The molecule has 2 aromatic rings. The molecule has 11 nitrogen and oxygen atoms in total. The van der Waals surface area contributed by atoms with Gasteiger partial charge in [0.2, 0.25) is 12.1 Å². The molecular weight excluding hydrogens is 821 g/mol. The Bertz CT molecular complexity index is 1400. The van der Waals surface area contributed by atoms with Crippen molar-refractivity contribution in [3.63, 3.8) is 0 Å². The molecule has 11 heteroatoms. The highest BCUT2D eigenvalue weighted by molar-refractivity contribution is 5.74. The maximum atomic E-state index is 12.6. The summed E-state index contributed by atoms with van der Waals surface area (Å²) in [5.74, 6) is -0.311. The van der Waals surface area contributed by atoms with E-state index in [2.05, 4.69) is 27.7 Å². The SMILES string of the molecule is CCCCC(CC)CC(CCCCCCCC(=O)O)(CC(CC)CCCC)C(=O)O.O=[N+]([O-])C(CCCCCCCOCCCCCCCC(c1ccccc1)[N+](=O)[O-])c1ccccc1. The van der Waals surface area contributed by atoms with Gasteiger partial charge >= 0.3 is 11.9 Å². The zero-order valence-electron chi connectivity index (χ0n) is 41.1. The van der Waals surface area contributed by atoms with Crippen LogP contribution < -0.4 is 0 Å². The average molecular weight is 911 g/mol. The van der Waals surface area contributed by atoms with Crippen LogP contribution in [0.1, 0.15) is 237 Å². The minimum absolute atomic E-state index is 0.169. The van der Waals surface area contributed by atoms with Crippen molar-refractivity contribution >= 4 is 11.9 Å². The lowest BCUT2D eigenvalue weighted by Crippen LogP contribution is -2.36. The summed E-state index contributed by atoms with van der Waals surface area (Å²) in [5.41, 5.74) is 0.988. The maximum absolute atomic E-state index is 12.6. The molecule has 2 aromatic carbocycles. The number of unbranched alkanes of at least 4 members (excludes halogenated alkanes) is 14. The van der Waals surface area contributed by atoms with Crippen LogP contribution in [0.2, 0.25) is 0 Å². The van der Waals surface area contributed by atoms with Crippen molar-refractivity contribution in [1.82, 2.24) is 0 Å². The topological polar surface area (TPSA) is 170 Å². The number of carboxylic acid groups (broad SMARTS) is 2. The zero-order valence-corrected chi connectivity index (χ0v) is 41.1. The number of hydrogen-bond donors (Lipinski definition) is 2. The van der Waals surface area contributed by atoms with Gasteiger partial charge < -0.3 is 14.9 Å². The molecule has 0 fully saturated rings. The Labute approximate surface area is 393 Å². The molecule has 0 amide bonds. The summed E-state index contributed by atoms with van der Waals surface area (Å²) in [6.07, 6.45) is 27.7. The molecule has 0 bridgehead atoms. The molecule has 4 unspecified atom stereocenters. The summed E-state index contributed by atoms with van der Waals surface area (Å²) in [7, 11) is 0. The molecule has 0 saturated carbocycles. The maximum Gasteiger partial charge on any atom is 0.309 e. The first-order valence-corrected chi connectivity index (χ1v) is 25.8. The highest BCUT2D eigenvalue weighted by atomic mass is 16.6. The Hall–Kier alpha value is -3.86. The fourth-order valence-electron chi connectivity index (χ4n) is 9.22. The van der Waals surface area contributed by atoms with E-state index in [-0.39, 0.29) is 16.3 Å². The first kappa shape index (κ1) is 59.2. The van der Waals surface area contributed by atoms with E-state index < -0.39 is 29.4 Å². The van der Waals surface area contributed by atoms with E-state index in [1.54, 1.807) is 0 Å². The van der Waals surface area contributed by atoms with Crippen molar-refractivity contribution in [3.05, 3.63) is 92.0 Å². The minimum Gasteiger partial charge on any atom is -0.481 e. The number of ether oxygens (including phenoxy) is 1. The van der Waals surface area contributed by atoms with Crippen molar-refractivity contribution in [2.45, 2.75) is 226 Å². The van der Waals surface area contributed by atoms with Crippen molar-refractivity contribution in [3.8, 4) is 0 Å². The number of aliphatic carboxylic acids is 2. The molecule has 0 radical (unpaired) electrons. The van der Waals surface area contributed by atoms with Crippen molar-refractivity contribution < 1.29 is 34.4 Å². The Morgan fingerprint density at radius 3 is 1.29 bits per heavy atom. The number of rotatable bonds is 41. The molecular formula is C54H90N2O9. The van der Waals surface area contributed by atoms with Crippen LogP contribution in [0.4, 0.5) is 0 Å². The summed E-state index contributed by atoms with van der Waals surface area (Å²) >= 11 is 0. The highest BCUT2D eigenvalue weighted by Crippen LogP contribution is 2.43. The molecule has 0 aromatic heterocycles. The van der Waals surface area contributed by atoms with Gasteiger partial charge in [-0.25, -0.2) is 0 Å². The van der Waals surface area contributed by atoms with E-state index in [1.165, 1.54) is 25.7 Å². The molecule has 0 saturated heterocycles. The van der Waals surface area contributed by atoms with Gasteiger partial charge in [-0.15, -0.1) is 0 Å². The van der Waals surface area contributed by atoms with Gasteiger partial charge in [0.05, 0.1) is 5.41 Å². The first-order valence-electron chi connectivity index (χ1n) is 25.8. The van der Waals surface area contributed by atoms with Gasteiger partial charge in [0.25, 0.3) is 0 Å². The summed E-state index contributed by atoms with van der Waals surface area (Å²) in [5, 5.41) is 41.8. The smallest absolute Gasteiger partial charge is 0.309 e. The van der Waals surface area contributed by atoms with Crippen LogP contribution in [0.15, 0.2) is 60.7 Å². The largest absolute Gasteiger partial charge is 0.481 e. The molecule has 0 spiro atoms. The Morgan fingerprint density at radius 1 is 0.538 bits per heavy atom. The van der Waals surface area contributed by atoms with E-state index >= 15 is 0 Å². The third kappa shape index (κ3) is 28.0. The molecule has 4 atom stereocenters. The van der Waals surface area contributed by atoms with Crippen LogP contribution in [-0.2, 0) is 14.3 Å². The van der Waals surface area contributed by atoms with Crippen LogP contribution in [0, 0.1) is 37.5 Å². The number of nitrogens with zero attached hydrogens (tertiary/aromatic N) is 2. The van der Waals surface area contributed by atoms with Crippen molar-refractivity contribution in [2.24, 2.45) is 17.3 Å². The third-order valence-electron chi connectivity index (χ3n) is 13.4. The van der Waals surface area contributed by atoms with Crippen LogP contribution in [0.3, 0.4) is 0 Å². The van der Waals surface area contributed by atoms with E-state index in [1.807, 2.05) is 60.7 Å². The molecule has 0 aliphatic rings. The Balaban J connectivity index is 0.000000659. The lowest BCUT2D eigenvalue weighted by Gasteiger charge is -2.36. The number of nitro groups is 2. The van der Waals surface area contributed by atoms with Crippen LogP contribution in [0.5, 0.6) is 0 Å². The Kier molecular flexibility index (Phi) is 34.8. The summed E-state index contributed by atoms with van der Waals surface area (Å²) in [6.45, 7) is 10.4. The van der Waals surface area contributed by atoms with Crippen LogP contribution in [-0.4, -0.2) is 45.2 Å². The first-order chi connectivity index (χ1) is 31.4. The number of carbonyl (C=O) groups is 2. The summed E-state index contributed by atoms with van der Waals surface area (Å²) in [4.78, 5) is 45.6. The quantitative estimate of drug-likeness (QED) is 0.0374. The third-order valence-corrected chi connectivity index (χ3v) is 13.4. The average Bonchev–Trinajstić information content (AvgIpc) is 3.30. The minimum atomic E-state index is -0.727. The van der Waals surface area contributed by atoms with Gasteiger partial charge in [-0.3, -0.25) is 29.8 Å². The van der Waals surface area contributed by atoms with Gasteiger partial charge in [0.1, 0.15) is 0 Å². The molecule has 2 rings (SSSR count). The molecule has 2 N–H and O–H groups in total. The lowest BCUT2D eigenvalue weighted by atomic mass is 9.67. The van der Waals surface area contributed by atoms with E-state index in [0.29, 0.717) is 24.7 Å². The van der Waals surface area contributed by atoms with Crippen molar-refractivity contribution in [2.75, 3.05) is 13.2 Å². The van der Waals surface area contributed by atoms with Gasteiger partial charge in [0, 0.05) is 53.4 Å². The molecule has 0 aliphatic carbocycles. The second kappa shape index (κ2) is 38.3. The normalized spacial score (nSPS) is 14.0. The van der Waals surface area contributed by atoms with Gasteiger partial charge in [-0.05, 0) is 63.2 Å². The highest BCUT2D eigenvalue weighted by Gasteiger charge is 2.41. The predicted molar refractivity (Wildman–Crippen MR) is 264 cm³/mol. The summed E-state index contributed by atoms with van der Waals surface area (Å²) in [6, 6.07) is 17.3. The fraction of sp³-hybridized carbons (Fsp3) is 0.741. The number of carboxylic acids is 2. The standard InChI is InChI=1S/C28H40N2O5.C26H50O4/c31-29(32)27(25-17-9-7-10-18-25)21-13-3-1-5-15-23-35-24-16-6-2-4-14-22-28(30(33)34)26-19-11-8-12-20-26;1-5-9-16-22(7-3)20-26(25(29)30,21-23(8-4)17-10-6-2)19-15-13-11-12-14-18-24(27)28/h7-12,17-20,27-28H,1-6,13-16,21-24H2;22-23H,5-21H2,1-4H3,(H,27,28)(H,29,30). The van der Waals surface area contributed by atoms with Crippen LogP contribution >= 0.6 is 0 Å². The predicted octanol–water partition coefficient (Wildman–Crippen LogP) is 15.8. The second-order valence-corrected chi connectivity index (χ2v) is 18.6. The van der Waals surface area contributed by atoms with E-state index in [0.717, 1.165) is 166 Å². The number of hydrogen-bond acceptors (Lipinski definition) is 7. The fourth-order valence-corrected chi connectivity index (χ4v) is 9.22. The van der Waals surface area contributed by atoms with Gasteiger partial charge in [0.15, 0.2) is 0 Å². The molecule has 0 heterocycles. The second-order valence-electron chi connectivity index (χ2n) is 18.6. The van der Waals surface area contributed by atoms with Gasteiger partial charge in [-0.1, -0.05) is 204 Å². The zero-order chi connectivity index (χ0) is 48.0. The van der Waals surface area contributed by atoms with E-state index in [4.69, 9.17) is 9.84 Å². The van der Waals surface area contributed by atoms with Crippen molar-refractivity contribution in [1.29, 1.82) is 0 Å². The Morgan fingerprint density at radius 2 is 0.923 bits per heavy atom. The monoisotopic (exact) mass is 911 g/mol.